The van der Waals surface area contributed by atoms with E-state index < -0.39 is 10.0 Å². The standard InChI is InChI=1S/C14H18N2O3S/c1-10-6-7-11(19-10)8-16-9-14(20(15,17)18)12-4-2-3-5-13(12)16/h2-5,9-11H,6-8H2,1H3,(H2,15,17,18). The third kappa shape index (κ3) is 2.46. The van der Waals surface area contributed by atoms with Gasteiger partial charge in [-0.05, 0) is 25.8 Å². The first-order valence-corrected chi connectivity index (χ1v) is 8.26. The topological polar surface area (TPSA) is 74.3 Å². The highest BCUT2D eigenvalue weighted by Crippen LogP contribution is 2.27. The van der Waals surface area contributed by atoms with Crippen molar-refractivity contribution in [2.45, 2.75) is 43.4 Å². The molecule has 2 unspecified atom stereocenters. The van der Waals surface area contributed by atoms with Gasteiger partial charge in [0.2, 0.25) is 10.0 Å². The van der Waals surface area contributed by atoms with Crippen molar-refractivity contribution < 1.29 is 13.2 Å². The van der Waals surface area contributed by atoms with Crippen LogP contribution in [-0.4, -0.2) is 25.2 Å². The zero-order valence-corrected chi connectivity index (χ0v) is 12.1. The number of sulfonamides is 1. The van der Waals surface area contributed by atoms with Crippen molar-refractivity contribution in [3.63, 3.8) is 0 Å². The summed E-state index contributed by atoms with van der Waals surface area (Å²) in [5, 5.41) is 5.96. The van der Waals surface area contributed by atoms with Crippen LogP contribution in [0, 0.1) is 0 Å². The van der Waals surface area contributed by atoms with Crippen molar-refractivity contribution in [2.75, 3.05) is 0 Å². The summed E-state index contributed by atoms with van der Waals surface area (Å²) in [7, 11) is -3.71. The summed E-state index contributed by atoms with van der Waals surface area (Å²) in [4.78, 5) is 0.180. The summed E-state index contributed by atoms with van der Waals surface area (Å²) >= 11 is 0. The van der Waals surface area contributed by atoms with Crippen LogP contribution in [0.1, 0.15) is 19.8 Å². The highest BCUT2D eigenvalue weighted by molar-refractivity contribution is 7.89. The molecule has 0 radical (unpaired) electrons. The molecule has 5 nitrogen and oxygen atoms in total. The molecule has 1 fully saturated rings. The molecule has 2 aromatic rings. The van der Waals surface area contributed by atoms with Crippen LogP contribution in [0.25, 0.3) is 10.9 Å². The molecule has 0 spiro atoms. The Hall–Kier alpha value is -1.37. The fourth-order valence-corrected chi connectivity index (χ4v) is 3.58. The summed E-state index contributed by atoms with van der Waals surface area (Å²) in [5.41, 5.74) is 0.875. The molecule has 20 heavy (non-hydrogen) atoms. The molecule has 1 aromatic heterocycles. The Bertz CT molecular complexity index is 736. The fourth-order valence-electron chi connectivity index (χ4n) is 2.83. The second kappa shape index (κ2) is 4.87. The third-order valence-electron chi connectivity index (χ3n) is 3.78. The molecular formula is C14H18N2O3S. The average Bonchev–Trinajstić information content (AvgIpc) is 2.94. The maximum Gasteiger partial charge on any atom is 0.240 e. The van der Waals surface area contributed by atoms with E-state index in [0.717, 1.165) is 18.4 Å². The van der Waals surface area contributed by atoms with E-state index in [9.17, 15) is 8.42 Å². The van der Waals surface area contributed by atoms with E-state index in [4.69, 9.17) is 9.88 Å². The van der Waals surface area contributed by atoms with Gasteiger partial charge in [-0.2, -0.15) is 0 Å². The Morgan fingerprint density at radius 2 is 2.10 bits per heavy atom. The van der Waals surface area contributed by atoms with Gasteiger partial charge in [0.1, 0.15) is 4.90 Å². The van der Waals surface area contributed by atoms with E-state index in [0.29, 0.717) is 11.9 Å². The molecule has 0 aliphatic carbocycles. The van der Waals surface area contributed by atoms with Gasteiger partial charge in [-0.25, -0.2) is 13.6 Å². The Morgan fingerprint density at radius 1 is 1.35 bits per heavy atom. The lowest BCUT2D eigenvalue weighted by Gasteiger charge is -2.13. The predicted molar refractivity (Wildman–Crippen MR) is 76.9 cm³/mol. The van der Waals surface area contributed by atoms with Crippen LogP contribution in [-0.2, 0) is 21.3 Å². The Labute approximate surface area is 118 Å². The van der Waals surface area contributed by atoms with Crippen LogP contribution in [0.3, 0.4) is 0 Å². The highest BCUT2D eigenvalue weighted by atomic mass is 32.2. The van der Waals surface area contributed by atoms with Crippen LogP contribution in [0.15, 0.2) is 35.4 Å². The first-order valence-electron chi connectivity index (χ1n) is 6.71. The monoisotopic (exact) mass is 294 g/mol. The number of para-hydroxylation sites is 1. The van der Waals surface area contributed by atoms with Gasteiger partial charge in [0.25, 0.3) is 0 Å². The van der Waals surface area contributed by atoms with Crippen molar-refractivity contribution in [3.8, 4) is 0 Å². The van der Waals surface area contributed by atoms with Gasteiger partial charge >= 0.3 is 0 Å². The average molecular weight is 294 g/mol. The Morgan fingerprint density at radius 3 is 2.75 bits per heavy atom. The Balaban J connectivity index is 2.03. The Kier molecular flexibility index (Phi) is 3.32. The second-order valence-corrected chi connectivity index (χ2v) is 6.88. The molecule has 0 bridgehead atoms. The van der Waals surface area contributed by atoms with E-state index in [1.165, 1.54) is 0 Å². The number of hydrogen-bond donors (Lipinski definition) is 1. The number of aromatic nitrogens is 1. The van der Waals surface area contributed by atoms with E-state index in [2.05, 4.69) is 6.92 Å². The normalized spacial score (nSPS) is 23.5. The summed E-state index contributed by atoms with van der Waals surface area (Å²) in [6, 6.07) is 7.39. The van der Waals surface area contributed by atoms with E-state index in [1.54, 1.807) is 12.3 Å². The summed E-state index contributed by atoms with van der Waals surface area (Å²) in [5.74, 6) is 0. The van der Waals surface area contributed by atoms with Crippen LogP contribution in [0.5, 0.6) is 0 Å². The summed E-state index contributed by atoms with van der Waals surface area (Å²) in [6.45, 7) is 2.71. The van der Waals surface area contributed by atoms with Gasteiger partial charge in [0, 0.05) is 23.6 Å². The zero-order chi connectivity index (χ0) is 14.3. The SMILES string of the molecule is CC1CCC(Cn2cc(S(N)(=O)=O)c3ccccc32)O1. The molecule has 1 saturated heterocycles. The minimum Gasteiger partial charge on any atom is -0.373 e. The summed E-state index contributed by atoms with van der Waals surface area (Å²) < 4.78 is 31.1. The zero-order valence-electron chi connectivity index (χ0n) is 11.3. The number of fused-ring (bicyclic) bond motifs is 1. The molecule has 6 heteroatoms. The minimum atomic E-state index is -3.71. The fraction of sp³-hybridized carbons (Fsp3) is 0.429. The van der Waals surface area contributed by atoms with Crippen molar-refractivity contribution in [1.29, 1.82) is 0 Å². The lowest BCUT2D eigenvalue weighted by Crippen LogP contribution is -2.16. The maximum atomic E-state index is 11.7. The lowest BCUT2D eigenvalue weighted by atomic mass is 10.2. The number of primary sulfonamides is 1. The number of nitrogens with zero attached hydrogens (tertiary/aromatic N) is 1. The molecule has 1 aliphatic rings. The molecule has 1 aliphatic heterocycles. The molecule has 108 valence electrons. The van der Waals surface area contributed by atoms with Crippen molar-refractivity contribution >= 4 is 20.9 Å². The van der Waals surface area contributed by atoms with E-state index in [-0.39, 0.29) is 17.1 Å². The van der Waals surface area contributed by atoms with Crippen LogP contribution >= 0.6 is 0 Å². The molecule has 2 N–H and O–H groups in total. The lowest BCUT2D eigenvalue weighted by molar-refractivity contribution is 0.0464. The molecule has 2 atom stereocenters. The first-order chi connectivity index (χ1) is 9.45. The minimum absolute atomic E-state index is 0.133. The van der Waals surface area contributed by atoms with E-state index >= 15 is 0 Å². The molecule has 3 rings (SSSR count). The molecular weight excluding hydrogens is 276 g/mol. The van der Waals surface area contributed by atoms with Crippen LogP contribution in [0.4, 0.5) is 0 Å². The van der Waals surface area contributed by atoms with Crippen molar-refractivity contribution in [3.05, 3.63) is 30.5 Å². The molecule has 1 aromatic carbocycles. The predicted octanol–water partition coefficient (Wildman–Crippen LogP) is 1.86. The number of rotatable bonds is 3. The van der Waals surface area contributed by atoms with Gasteiger partial charge in [-0.1, -0.05) is 18.2 Å². The quantitative estimate of drug-likeness (QED) is 0.939. The largest absolute Gasteiger partial charge is 0.373 e. The van der Waals surface area contributed by atoms with Crippen LogP contribution < -0.4 is 5.14 Å². The third-order valence-corrected chi connectivity index (χ3v) is 4.72. The number of benzene rings is 1. The van der Waals surface area contributed by atoms with Crippen LogP contribution in [0.2, 0.25) is 0 Å². The second-order valence-electron chi connectivity index (χ2n) is 5.35. The van der Waals surface area contributed by atoms with Gasteiger partial charge in [-0.15, -0.1) is 0 Å². The smallest absolute Gasteiger partial charge is 0.240 e. The maximum absolute atomic E-state index is 11.7. The molecule has 0 amide bonds. The first kappa shape index (κ1) is 13.6. The number of nitrogens with two attached hydrogens (primary N) is 1. The van der Waals surface area contributed by atoms with Gasteiger partial charge in [0.05, 0.1) is 12.2 Å². The number of hydrogen-bond acceptors (Lipinski definition) is 3. The van der Waals surface area contributed by atoms with Gasteiger partial charge < -0.3 is 9.30 Å². The number of ether oxygens (including phenoxy) is 1. The summed E-state index contributed by atoms with van der Waals surface area (Å²) in [6.07, 6.45) is 4.07. The van der Waals surface area contributed by atoms with Gasteiger partial charge in [0.15, 0.2) is 0 Å². The molecule has 0 saturated carbocycles. The van der Waals surface area contributed by atoms with E-state index in [1.807, 2.05) is 22.8 Å². The van der Waals surface area contributed by atoms with Crippen molar-refractivity contribution in [2.24, 2.45) is 5.14 Å². The molecule has 2 heterocycles. The highest BCUT2D eigenvalue weighted by Gasteiger charge is 2.24. The van der Waals surface area contributed by atoms with Crippen molar-refractivity contribution in [1.82, 2.24) is 4.57 Å². The van der Waals surface area contributed by atoms with Gasteiger partial charge in [-0.3, -0.25) is 0 Å².